The molecule has 2 rings (SSSR count). The summed E-state index contributed by atoms with van der Waals surface area (Å²) in [6, 6.07) is 4.57. The predicted molar refractivity (Wildman–Crippen MR) is 83.0 cm³/mol. The van der Waals surface area contributed by atoms with Crippen LogP contribution < -0.4 is 5.32 Å². The maximum atomic E-state index is 11.4. The van der Waals surface area contributed by atoms with Crippen LogP contribution in [-0.2, 0) is 6.54 Å². The highest BCUT2D eigenvalue weighted by atomic mass is 16.6. The zero-order chi connectivity index (χ0) is 16.3. The summed E-state index contributed by atoms with van der Waals surface area (Å²) in [5, 5.41) is 14.1. The summed E-state index contributed by atoms with van der Waals surface area (Å²) in [7, 11) is 0. The first kappa shape index (κ1) is 15.7. The van der Waals surface area contributed by atoms with Crippen molar-refractivity contribution in [3.63, 3.8) is 0 Å². The molecule has 22 heavy (non-hydrogen) atoms. The third-order valence-electron chi connectivity index (χ3n) is 3.36. The highest BCUT2D eigenvalue weighted by Crippen LogP contribution is 2.26. The fourth-order valence-electron chi connectivity index (χ4n) is 2.18. The molecule has 0 spiro atoms. The molecular weight excluding hydrogens is 284 g/mol. The summed E-state index contributed by atoms with van der Waals surface area (Å²) in [5.41, 5.74) is 1.62. The van der Waals surface area contributed by atoms with Crippen molar-refractivity contribution >= 4 is 17.2 Å². The maximum absolute atomic E-state index is 11.4. The van der Waals surface area contributed by atoms with Crippen LogP contribution in [0, 0.1) is 10.1 Å². The second kappa shape index (κ2) is 6.38. The fourth-order valence-corrected chi connectivity index (χ4v) is 2.18. The van der Waals surface area contributed by atoms with Crippen LogP contribution in [0.1, 0.15) is 42.9 Å². The minimum absolute atomic E-state index is 0.0550. The molecule has 0 atom stereocenters. The molecule has 0 saturated carbocycles. The van der Waals surface area contributed by atoms with Gasteiger partial charge in [0.25, 0.3) is 5.69 Å². The summed E-state index contributed by atoms with van der Waals surface area (Å²) >= 11 is 0. The number of nitro benzene ring substituents is 1. The van der Waals surface area contributed by atoms with E-state index < -0.39 is 4.92 Å². The molecule has 0 aliphatic heterocycles. The molecule has 0 aliphatic rings. The van der Waals surface area contributed by atoms with Crippen molar-refractivity contribution in [2.45, 2.75) is 33.4 Å². The number of ketones is 1. The lowest BCUT2D eigenvalue weighted by molar-refractivity contribution is -0.384. The zero-order valence-corrected chi connectivity index (χ0v) is 12.7. The Hall–Kier alpha value is -2.70. The molecule has 1 heterocycles. The predicted octanol–water partition coefficient (Wildman–Crippen LogP) is 3.19. The molecule has 0 fully saturated rings. The van der Waals surface area contributed by atoms with E-state index in [1.807, 2.05) is 18.4 Å². The van der Waals surface area contributed by atoms with Crippen LogP contribution in [0.5, 0.6) is 0 Å². The van der Waals surface area contributed by atoms with E-state index in [1.54, 1.807) is 12.5 Å². The number of carbonyl (C=O) groups excluding carboxylic acids is 1. The van der Waals surface area contributed by atoms with Crippen LogP contribution >= 0.6 is 0 Å². The van der Waals surface area contributed by atoms with Crippen LogP contribution in [0.3, 0.4) is 0 Å². The Morgan fingerprint density at radius 1 is 1.45 bits per heavy atom. The fraction of sp³-hybridized carbons (Fsp3) is 0.333. The molecule has 1 aromatic heterocycles. The van der Waals surface area contributed by atoms with Gasteiger partial charge in [-0.2, -0.15) is 0 Å². The minimum atomic E-state index is -0.466. The van der Waals surface area contributed by atoms with Gasteiger partial charge >= 0.3 is 0 Å². The quantitative estimate of drug-likeness (QED) is 0.503. The van der Waals surface area contributed by atoms with E-state index in [0.717, 1.165) is 5.69 Å². The van der Waals surface area contributed by atoms with Crippen molar-refractivity contribution in [1.29, 1.82) is 0 Å². The van der Waals surface area contributed by atoms with Crippen LogP contribution in [0.15, 0.2) is 30.7 Å². The average molecular weight is 302 g/mol. The minimum Gasteiger partial charge on any atom is -0.374 e. The molecule has 0 bridgehead atoms. The number of hydrogen-bond acceptors (Lipinski definition) is 5. The summed E-state index contributed by atoms with van der Waals surface area (Å²) in [6.07, 6.45) is 3.44. The van der Waals surface area contributed by atoms with Crippen LogP contribution in [-0.4, -0.2) is 20.3 Å². The molecule has 2 aromatic rings. The van der Waals surface area contributed by atoms with Gasteiger partial charge in [0.05, 0.1) is 23.5 Å². The van der Waals surface area contributed by atoms with Gasteiger partial charge in [-0.1, -0.05) is 0 Å². The Morgan fingerprint density at radius 2 is 2.18 bits per heavy atom. The van der Waals surface area contributed by atoms with Gasteiger partial charge in [0.1, 0.15) is 5.69 Å². The number of imidazole rings is 1. The monoisotopic (exact) mass is 302 g/mol. The highest BCUT2D eigenvalue weighted by molar-refractivity contribution is 5.95. The zero-order valence-electron chi connectivity index (χ0n) is 12.7. The van der Waals surface area contributed by atoms with Crippen LogP contribution in [0.4, 0.5) is 11.4 Å². The van der Waals surface area contributed by atoms with Crippen LogP contribution in [0.25, 0.3) is 0 Å². The Balaban J connectivity index is 2.27. The maximum Gasteiger partial charge on any atom is 0.292 e. The standard InChI is InChI=1S/C15H18N4O3/c1-10(2)18-9-16-7-13(18)8-17-14-6-12(11(3)20)4-5-15(14)19(21)22/h4-7,9-10,17H,8H2,1-3H3. The topological polar surface area (TPSA) is 90.1 Å². The first-order valence-electron chi connectivity index (χ1n) is 6.94. The molecule has 0 aliphatic carbocycles. The summed E-state index contributed by atoms with van der Waals surface area (Å²) < 4.78 is 1.98. The molecular formula is C15H18N4O3. The molecule has 116 valence electrons. The van der Waals surface area contributed by atoms with E-state index in [1.165, 1.54) is 25.1 Å². The first-order valence-corrected chi connectivity index (χ1v) is 6.94. The van der Waals surface area contributed by atoms with E-state index in [0.29, 0.717) is 17.8 Å². The molecule has 0 saturated heterocycles. The van der Waals surface area contributed by atoms with Gasteiger partial charge in [0, 0.05) is 23.9 Å². The number of nitro groups is 1. The van der Waals surface area contributed by atoms with Crippen molar-refractivity contribution in [2.24, 2.45) is 0 Å². The Morgan fingerprint density at radius 3 is 2.77 bits per heavy atom. The van der Waals surface area contributed by atoms with E-state index in [4.69, 9.17) is 0 Å². The summed E-state index contributed by atoms with van der Waals surface area (Å²) in [6.45, 7) is 5.88. The van der Waals surface area contributed by atoms with Gasteiger partial charge in [-0.05, 0) is 32.9 Å². The third-order valence-corrected chi connectivity index (χ3v) is 3.36. The molecule has 0 unspecified atom stereocenters. The van der Waals surface area contributed by atoms with Gasteiger partial charge in [-0.3, -0.25) is 14.9 Å². The summed E-state index contributed by atoms with van der Waals surface area (Å²) in [5.74, 6) is -0.134. The third kappa shape index (κ3) is 3.30. The number of hydrogen-bond donors (Lipinski definition) is 1. The number of nitrogens with zero attached hydrogens (tertiary/aromatic N) is 3. The lowest BCUT2D eigenvalue weighted by Crippen LogP contribution is -2.10. The normalized spacial score (nSPS) is 10.7. The lowest BCUT2D eigenvalue weighted by Gasteiger charge is -2.13. The van der Waals surface area contributed by atoms with Gasteiger partial charge in [0.15, 0.2) is 5.78 Å². The number of nitrogens with one attached hydrogen (secondary N) is 1. The average Bonchev–Trinajstić information content (AvgIpc) is 2.93. The molecule has 1 aromatic carbocycles. The number of benzene rings is 1. The first-order chi connectivity index (χ1) is 10.4. The van der Waals surface area contributed by atoms with E-state index in [9.17, 15) is 14.9 Å². The number of carbonyl (C=O) groups is 1. The Kier molecular flexibility index (Phi) is 4.55. The molecule has 0 amide bonds. The van der Waals surface area contributed by atoms with E-state index >= 15 is 0 Å². The van der Waals surface area contributed by atoms with Gasteiger partial charge in [0.2, 0.25) is 0 Å². The van der Waals surface area contributed by atoms with Crippen molar-refractivity contribution in [3.05, 3.63) is 52.1 Å². The summed E-state index contributed by atoms with van der Waals surface area (Å²) in [4.78, 5) is 26.2. The molecule has 0 radical (unpaired) electrons. The van der Waals surface area contributed by atoms with Crippen molar-refractivity contribution in [3.8, 4) is 0 Å². The van der Waals surface area contributed by atoms with Gasteiger partial charge in [-0.25, -0.2) is 4.98 Å². The lowest BCUT2D eigenvalue weighted by atomic mass is 10.1. The van der Waals surface area contributed by atoms with Gasteiger partial charge in [-0.15, -0.1) is 0 Å². The molecule has 7 nitrogen and oxygen atoms in total. The number of Topliss-reactive ketones (excluding diaryl/α,β-unsaturated/α-hetero) is 1. The molecule has 1 N–H and O–H groups in total. The molecule has 7 heteroatoms. The number of anilines is 1. The largest absolute Gasteiger partial charge is 0.374 e. The smallest absolute Gasteiger partial charge is 0.292 e. The second-order valence-corrected chi connectivity index (χ2v) is 5.28. The van der Waals surface area contributed by atoms with Crippen LogP contribution in [0.2, 0.25) is 0 Å². The van der Waals surface area contributed by atoms with Crippen molar-refractivity contribution < 1.29 is 9.72 Å². The van der Waals surface area contributed by atoms with Crippen molar-refractivity contribution in [2.75, 3.05) is 5.32 Å². The Bertz CT molecular complexity index is 707. The Labute approximate surface area is 128 Å². The van der Waals surface area contributed by atoms with Crippen molar-refractivity contribution in [1.82, 2.24) is 9.55 Å². The van der Waals surface area contributed by atoms with Gasteiger partial charge < -0.3 is 9.88 Å². The second-order valence-electron chi connectivity index (χ2n) is 5.28. The SMILES string of the molecule is CC(=O)c1ccc([N+](=O)[O-])c(NCc2cncn2C(C)C)c1. The van der Waals surface area contributed by atoms with E-state index in [-0.39, 0.29) is 17.5 Å². The number of aromatic nitrogens is 2. The number of rotatable bonds is 6. The van der Waals surface area contributed by atoms with E-state index in [2.05, 4.69) is 10.3 Å². The highest BCUT2D eigenvalue weighted by Gasteiger charge is 2.16.